The number of nitrogens with zero attached hydrogens (tertiary/aromatic N) is 4. The topological polar surface area (TPSA) is 102 Å². The van der Waals surface area contributed by atoms with Crippen molar-refractivity contribution in [1.29, 1.82) is 0 Å². The fraction of sp³-hybridized carbons (Fsp3) is 0.263. The highest BCUT2D eigenvalue weighted by atomic mass is 16.4. The van der Waals surface area contributed by atoms with Crippen LogP contribution in [0.3, 0.4) is 0 Å². The zero-order valence-electron chi connectivity index (χ0n) is 15.4. The van der Waals surface area contributed by atoms with Gasteiger partial charge in [-0.15, -0.1) is 0 Å². The second-order valence-corrected chi connectivity index (χ2v) is 6.16. The molecule has 0 spiro atoms. The zero-order chi connectivity index (χ0) is 19.6. The molecule has 27 heavy (non-hydrogen) atoms. The summed E-state index contributed by atoms with van der Waals surface area (Å²) < 4.78 is 3.30. The number of rotatable bonds is 6. The van der Waals surface area contributed by atoms with E-state index in [4.69, 9.17) is 5.11 Å². The summed E-state index contributed by atoms with van der Waals surface area (Å²) in [6.45, 7) is 6.75. The number of hydrogen-bond donors (Lipinski definition) is 2. The number of carbonyl (C=O) groups is 2. The number of hydrogen-bond acceptors (Lipinski definition) is 4. The average molecular weight is 367 g/mol. The van der Waals surface area contributed by atoms with E-state index in [1.807, 2.05) is 49.7 Å². The van der Waals surface area contributed by atoms with Gasteiger partial charge in [-0.2, -0.15) is 10.2 Å². The number of amides is 1. The second-order valence-electron chi connectivity index (χ2n) is 6.16. The Hall–Kier alpha value is -3.42. The number of nitrogens with one attached hydrogen (secondary N) is 1. The van der Waals surface area contributed by atoms with E-state index in [2.05, 4.69) is 15.5 Å². The van der Waals surface area contributed by atoms with Crippen molar-refractivity contribution < 1.29 is 14.7 Å². The zero-order valence-corrected chi connectivity index (χ0v) is 15.4. The Balaban J connectivity index is 1.74. The van der Waals surface area contributed by atoms with E-state index in [1.54, 1.807) is 6.20 Å². The summed E-state index contributed by atoms with van der Waals surface area (Å²) >= 11 is 0. The van der Waals surface area contributed by atoms with Crippen molar-refractivity contribution in [2.45, 2.75) is 33.9 Å². The predicted molar refractivity (Wildman–Crippen MR) is 99.1 cm³/mol. The maximum absolute atomic E-state index is 12.6. The molecule has 0 unspecified atom stereocenters. The molecular formula is C19H21N5O3. The molecule has 0 radical (unpaired) electrons. The molecule has 3 rings (SSSR count). The predicted octanol–water partition coefficient (Wildman–Crippen LogP) is 2.33. The fourth-order valence-corrected chi connectivity index (χ4v) is 2.99. The molecule has 0 aliphatic heterocycles. The quantitative estimate of drug-likeness (QED) is 0.696. The average Bonchev–Trinajstić information content (AvgIpc) is 3.25. The Labute approximate surface area is 156 Å². The number of benzene rings is 1. The van der Waals surface area contributed by atoms with Crippen LogP contribution in [0.25, 0.3) is 5.69 Å². The lowest BCUT2D eigenvalue weighted by Crippen LogP contribution is -2.24. The van der Waals surface area contributed by atoms with Gasteiger partial charge in [0.05, 0.1) is 16.9 Å². The molecule has 0 atom stereocenters. The summed E-state index contributed by atoms with van der Waals surface area (Å²) in [5.41, 5.74) is 3.74. The van der Waals surface area contributed by atoms with Gasteiger partial charge in [0.1, 0.15) is 0 Å². The molecule has 2 heterocycles. The van der Waals surface area contributed by atoms with E-state index in [1.165, 1.54) is 10.7 Å². The lowest BCUT2D eigenvalue weighted by molar-refractivity contribution is 0.0689. The van der Waals surface area contributed by atoms with Crippen molar-refractivity contribution in [1.82, 2.24) is 24.9 Å². The molecule has 0 fully saturated rings. The van der Waals surface area contributed by atoms with Crippen molar-refractivity contribution >= 4 is 11.9 Å². The first kappa shape index (κ1) is 18.4. The van der Waals surface area contributed by atoms with E-state index in [0.717, 1.165) is 16.9 Å². The van der Waals surface area contributed by atoms with Crippen molar-refractivity contribution in [2.24, 2.45) is 0 Å². The number of carboxylic acids is 1. The normalized spacial score (nSPS) is 10.8. The van der Waals surface area contributed by atoms with Crippen LogP contribution in [0.15, 0.2) is 36.5 Å². The van der Waals surface area contributed by atoms with E-state index in [0.29, 0.717) is 24.3 Å². The van der Waals surface area contributed by atoms with Gasteiger partial charge in [0.15, 0.2) is 5.69 Å². The van der Waals surface area contributed by atoms with E-state index in [9.17, 15) is 9.59 Å². The minimum atomic E-state index is -1.07. The van der Waals surface area contributed by atoms with Crippen LogP contribution >= 0.6 is 0 Å². The van der Waals surface area contributed by atoms with Gasteiger partial charge in [0.2, 0.25) is 0 Å². The van der Waals surface area contributed by atoms with Crippen molar-refractivity contribution in [3.8, 4) is 5.69 Å². The maximum atomic E-state index is 12.6. The number of aryl methyl sites for hydroxylation is 2. The standard InChI is InChI=1S/C19H21N5O3/c1-4-23-13(3)17(12(2)21-23)18(25)20-11-14-6-5-7-15(10-14)24-9-8-16(22-24)19(26)27/h5-10H,4,11H2,1-3H3,(H,20,25)(H,26,27). The molecule has 140 valence electrons. The van der Waals surface area contributed by atoms with Gasteiger partial charge in [-0.3, -0.25) is 9.48 Å². The highest BCUT2D eigenvalue weighted by Crippen LogP contribution is 2.14. The smallest absolute Gasteiger partial charge is 0.356 e. The van der Waals surface area contributed by atoms with Gasteiger partial charge in [-0.25, -0.2) is 9.48 Å². The van der Waals surface area contributed by atoms with E-state index >= 15 is 0 Å². The van der Waals surface area contributed by atoms with Crippen LogP contribution in [-0.2, 0) is 13.1 Å². The van der Waals surface area contributed by atoms with Gasteiger partial charge < -0.3 is 10.4 Å². The van der Waals surface area contributed by atoms with Crippen LogP contribution in [0.1, 0.15) is 44.7 Å². The monoisotopic (exact) mass is 367 g/mol. The molecule has 8 nitrogen and oxygen atoms in total. The van der Waals surface area contributed by atoms with E-state index < -0.39 is 5.97 Å². The number of aromatic carboxylic acids is 1. The number of carboxylic acid groups (broad SMARTS) is 1. The molecule has 1 amide bonds. The SMILES string of the molecule is CCn1nc(C)c(C(=O)NCc2cccc(-n3ccc(C(=O)O)n3)c2)c1C. The molecule has 3 aromatic rings. The van der Waals surface area contributed by atoms with Crippen LogP contribution < -0.4 is 5.32 Å². The highest BCUT2D eigenvalue weighted by molar-refractivity contribution is 5.96. The molecule has 2 aromatic heterocycles. The summed E-state index contributed by atoms with van der Waals surface area (Å²) in [6.07, 6.45) is 1.59. The first-order valence-electron chi connectivity index (χ1n) is 8.61. The fourth-order valence-electron chi connectivity index (χ4n) is 2.99. The maximum Gasteiger partial charge on any atom is 0.356 e. The van der Waals surface area contributed by atoms with Gasteiger partial charge in [0, 0.05) is 25.0 Å². The summed E-state index contributed by atoms with van der Waals surface area (Å²) in [4.78, 5) is 23.5. The van der Waals surface area contributed by atoms with Crippen LogP contribution in [-0.4, -0.2) is 36.5 Å². The minimum absolute atomic E-state index is 0.0207. The summed E-state index contributed by atoms with van der Waals surface area (Å²) in [5, 5.41) is 20.3. The molecule has 2 N–H and O–H groups in total. The Morgan fingerprint density at radius 1 is 1.19 bits per heavy atom. The molecule has 0 aliphatic carbocycles. The van der Waals surface area contributed by atoms with Crippen LogP contribution in [0.5, 0.6) is 0 Å². The van der Waals surface area contributed by atoms with Gasteiger partial charge in [0.25, 0.3) is 5.91 Å². The molecule has 0 aliphatic rings. The minimum Gasteiger partial charge on any atom is -0.476 e. The first-order chi connectivity index (χ1) is 12.9. The molecule has 0 saturated carbocycles. The molecule has 0 saturated heterocycles. The van der Waals surface area contributed by atoms with Gasteiger partial charge in [-0.1, -0.05) is 12.1 Å². The third kappa shape index (κ3) is 3.74. The van der Waals surface area contributed by atoms with E-state index in [-0.39, 0.29) is 11.6 Å². The highest BCUT2D eigenvalue weighted by Gasteiger charge is 2.17. The molecule has 1 aromatic carbocycles. The second kappa shape index (κ2) is 7.45. The Morgan fingerprint density at radius 3 is 2.59 bits per heavy atom. The van der Waals surface area contributed by atoms with Crippen LogP contribution in [0.2, 0.25) is 0 Å². The van der Waals surface area contributed by atoms with Crippen molar-refractivity contribution in [3.05, 3.63) is 64.7 Å². The Kier molecular flexibility index (Phi) is 5.07. The van der Waals surface area contributed by atoms with Crippen molar-refractivity contribution in [3.63, 3.8) is 0 Å². The van der Waals surface area contributed by atoms with Crippen LogP contribution in [0.4, 0.5) is 0 Å². The van der Waals surface area contributed by atoms with Crippen LogP contribution in [0, 0.1) is 13.8 Å². The number of aromatic nitrogens is 4. The van der Waals surface area contributed by atoms with Crippen molar-refractivity contribution in [2.75, 3.05) is 0 Å². The Morgan fingerprint density at radius 2 is 1.96 bits per heavy atom. The summed E-state index contributed by atoms with van der Waals surface area (Å²) in [5.74, 6) is -1.24. The first-order valence-corrected chi connectivity index (χ1v) is 8.61. The third-order valence-electron chi connectivity index (χ3n) is 4.34. The lowest BCUT2D eigenvalue weighted by atomic mass is 10.1. The van der Waals surface area contributed by atoms with Gasteiger partial charge in [-0.05, 0) is 44.5 Å². The lowest BCUT2D eigenvalue weighted by Gasteiger charge is -2.08. The molecule has 0 bridgehead atoms. The molecular weight excluding hydrogens is 346 g/mol. The Bertz CT molecular complexity index is 1000. The number of carbonyl (C=O) groups excluding carboxylic acids is 1. The molecule has 8 heteroatoms. The van der Waals surface area contributed by atoms with Gasteiger partial charge >= 0.3 is 5.97 Å². The third-order valence-corrected chi connectivity index (χ3v) is 4.34. The summed E-state index contributed by atoms with van der Waals surface area (Å²) in [6, 6.07) is 8.84. The largest absolute Gasteiger partial charge is 0.476 e. The summed E-state index contributed by atoms with van der Waals surface area (Å²) in [7, 11) is 0.